The summed E-state index contributed by atoms with van der Waals surface area (Å²) < 4.78 is 0. The quantitative estimate of drug-likeness (QED) is 0.682. The average molecular weight is 222 g/mol. The number of carbonyl (C=O) groups excluding carboxylic acids is 1. The van der Waals surface area contributed by atoms with Crippen molar-refractivity contribution in [2.45, 2.75) is 33.2 Å². The van der Waals surface area contributed by atoms with E-state index in [0.717, 1.165) is 25.1 Å². The first-order chi connectivity index (χ1) is 7.41. The van der Waals surface area contributed by atoms with Crippen molar-refractivity contribution in [3.8, 4) is 0 Å². The van der Waals surface area contributed by atoms with Gasteiger partial charge in [-0.3, -0.25) is 4.79 Å². The van der Waals surface area contributed by atoms with Crippen molar-refractivity contribution < 1.29 is 4.79 Å². The summed E-state index contributed by atoms with van der Waals surface area (Å²) in [4.78, 5) is 15.4. The van der Waals surface area contributed by atoms with Crippen molar-refractivity contribution in [1.82, 2.24) is 9.80 Å². The van der Waals surface area contributed by atoms with Crippen LogP contribution in [-0.2, 0) is 4.79 Å². The Bertz CT molecular complexity index is 320. The molecular weight excluding hydrogens is 200 g/mol. The van der Waals surface area contributed by atoms with E-state index in [0.29, 0.717) is 6.04 Å². The summed E-state index contributed by atoms with van der Waals surface area (Å²) in [7, 11) is 2.09. The van der Waals surface area contributed by atoms with Crippen molar-refractivity contribution in [2.75, 3.05) is 20.1 Å². The van der Waals surface area contributed by atoms with Crippen molar-refractivity contribution in [2.24, 2.45) is 0 Å². The zero-order valence-electron chi connectivity index (χ0n) is 10.8. The number of carbonyl (C=O) groups is 1. The molecule has 0 N–H and O–H groups in total. The molecule has 1 aliphatic heterocycles. The van der Waals surface area contributed by atoms with Crippen LogP contribution in [0.15, 0.2) is 23.9 Å². The molecule has 16 heavy (non-hydrogen) atoms. The summed E-state index contributed by atoms with van der Waals surface area (Å²) in [6.07, 6.45) is 3.13. The van der Waals surface area contributed by atoms with Crippen LogP contribution in [0, 0.1) is 0 Å². The number of amides is 1. The van der Waals surface area contributed by atoms with Crippen LogP contribution in [0.1, 0.15) is 27.2 Å². The summed E-state index contributed by atoms with van der Waals surface area (Å²) in [6, 6.07) is 0.444. The van der Waals surface area contributed by atoms with E-state index in [1.165, 1.54) is 5.70 Å². The summed E-state index contributed by atoms with van der Waals surface area (Å²) in [5.41, 5.74) is 2.27. The van der Waals surface area contributed by atoms with Gasteiger partial charge in [-0.05, 0) is 26.3 Å². The van der Waals surface area contributed by atoms with Crippen LogP contribution in [0.2, 0.25) is 0 Å². The Morgan fingerprint density at radius 3 is 2.50 bits per heavy atom. The van der Waals surface area contributed by atoms with Gasteiger partial charge in [0.1, 0.15) is 0 Å². The number of allylic oxidation sites excluding steroid dienone is 3. The fraction of sp³-hybridized carbons (Fsp3) is 0.615. The number of likely N-dealkylation sites (N-methyl/N-ethyl adjacent to an activating group) is 1. The van der Waals surface area contributed by atoms with Crippen LogP contribution in [-0.4, -0.2) is 41.9 Å². The maximum atomic E-state index is 11.2. The Morgan fingerprint density at radius 2 is 2.06 bits per heavy atom. The molecular formula is C13H22N2O. The van der Waals surface area contributed by atoms with Gasteiger partial charge in [-0.25, -0.2) is 0 Å². The average Bonchev–Trinajstić information content (AvgIpc) is 2.64. The molecule has 3 nitrogen and oxygen atoms in total. The zero-order chi connectivity index (χ0) is 12.3. The van der Waals surface area contributed by atoms with E-state index in [1.54, 1.807) is 6.92 Å². The first-order valence-electron chi connectivity index (χ1n) is 5.74. The lowest BCUT2D eigenvalue weighted by Crippen LogP contribution is -2.34. The van der Waals surface area contributed by atoms with Gasteiger partial charge in [-0.1, -0.05) is 12.2 Å². The number of hydrogen-bond donors (Lipinski definition) is 0. The minimum Gasteiger partial charge on any atom is -0.373 e. The van der Waals surface area contributed by atoms with Gasteiger partial charge in [-0.2, -0.15) is 0 Å². The van der Waals surface area contributed by atoms with Gasteiger partial charge < -0.3 is 9.80 Å². The molecule has 0 radical (unpaired) electrons. The Morgan fingerprint density at radius 1 is 1.44 bits per heavy atom. The molecule has 0 bridgehead atoms. The first-order valence-corrected chi connectivity index (χ1v) is 5.74. The predicted molar refractivity (Wildman–Crippen MR) is 67.0 cm³/mol. The molecule has 1 saturated heterocycles. The largest absolute Gasteiger partial charge is 0.373 e. The lowest BCUT2D eigenvalue weighted by molar-refractivity contribution is -0.127. The highest BCUT2D eigenvalue weighted by atomic mass is 16.2. The summed E-state index contributed by atoms with van der Waals surface area (Å²) in [5.74, 6) is 0.178. The second-order valence-electron chi connectivity index (χ2n) is 4.65. The summed E-state index contributed by atoms with van der Waals surface area (Å²) >= 11 is 0. The van der Waals surface area contributed by atoms with E-state index in [-0.39, 0.29) is 5.91 Å². The third-order valence-corrected chi connectivity index (χ3v) is 3.17. The summed E-state index contributed by atoms with van der Waals surface area (Å²) in [6.45, 7) is 11.3. The highest BCUT2D eigenvalue weighted by Gasteiger charge is 2.27. The van der Waals surface area contributed by atoms with E-state index in [1.807, 2.05) is 11.8 Å². The number of rotatable bonds is 3. The molecule has 1 aliphatic rings. The number of hydrogen-bond acceptors (Lipinski definition) is 2. The molecule has 1 atom stereocenters. The normalized spacial score (nSPS) is 21.1. The van der Waals surface area contributed by atoms with Crippen LogP contribution in [0.5, 0.6) is 0 Å². The Balaban J connectivity index is 2.60. The fourth-order valence-electron chi connectivity index (χ4n) is 2.09. The lowest BCUT2D eigenvalue weighted by atomic mass is 10.2. The van der Waals surface area contributed by atoms with E-state index in [4.69, 9.17) is 0 Å². The highest BCUT2D eigenvalue weighted by molar-refractivity contribution is 5.73. The smallest absolute Gasteiger partial charge is 0.219 e. The molecule has 0 saturated carbocycles. The van der Waals surface area contributed by atoms with Gasteiger partial charge in [0, 0.05) is 38.8 Å². The molecule has 1 fully saturated rings. The van der Waals surface area contributed by atoms with Crippen LogP contribution in [0.3, 0.4) is 0 Å². The number of nitrogens with zero attached hydrogens (tertiary/aromatic N) is 2. The Labute approximate surface area is 98.4 Å². The molecule has 0 spiro atoms. The van der Waals surface area contributed by atoms with Gasteiger partial charge in [0.2, 0.25) is 5.91 Å². The third-order valence-electron chi connectivity index (χ3n) is 3.17. The monoisotopic (exact) mass is 222 g/mol. The van der Waals surface area contributed by atoms with E-state index in [2.05, 4.69) is 31.5 Å². The fourth-order valence-corrected chi connectivity index (χ4v) is 2.09. The van der Waals surface area contributed by atoms with E-state index >= 15 is 0 Å². The SMILES string of the molecule is C=C(C)/C=C(/C)N(C)C1CCN(C(C)=O)C1. The van der Waals surface area contributed by atoms with Gasteiger partial charge in [-0.15, -0.1) is 0 Å². The van der Waals surface area contributed by atoms with Gasteiger partial charge in [0.25, 0.3) is 0 Å². The molecule has 1 heterocycles. The second-order valence-corrected chi connectivity index (χ2v) is 4.65. The highest BCUT2D eigenvalue weighted by Crippen LogP contribution is 2.18. The molecule has 1 unspecified atom stereocenters. The third kappa shape index (κ3) is 3.12. The molecule has 90 valence electrons. The van der Waals surface area contributed by atoms with Crippen LogP contribution < -0.4 is 0 Å². The molecule has 0 aliphatic carbocycles. The predicted octanol–water partition coefficient (Wildman–Crippen LogP) is 2.02. The summed E-state index contributed by atoms with van der Waals surface area (Å²) in [5, 5.41) is 0. The molecule has 1 amide bonds. The maximum absolute atomic E-state index is 11.2. The first kappa shape index (κ1) is 12.8. The molecule has 0 aromatic rings. The number of likely N-dealkylation sites (tertiary alicyclic amines) is 1. The standard InChI is InChI=1S/C13H22N2O/c1-10(2)8-11(3)14(5)13-6-7-15(9-13)12(4)16/h8,13H,1,6-7,9H2,2-5H3/b11-8-. The van der Waals surface area contributed by atoms with Crippen LogP contribution in [0.25, 0.3) is 0 Å². The van der Waals surface area contributed by atoms with Crippen LogP contribution >= 0.6 is 0 Å². The van der Waals surface area contributed by atoms with Gasteiger partial charge >= 0.3 is 0 Å². The Hall–Kier alpha value is -1.25. The van der Waals surface area contributed by atoms with Crippen LogP contribution in [0.4, 0.5) is 0 Å². The zero-order valence-corrected chi connectivity index (χ0v) is 10.8. The lowest BCUT2D eigenvalue weighted by Gasteiger charge is -2.27. The van der Waals surface area contributed by atoms with Crippen molar-refractivity contribution in [3.05, 3.63) is 23.9 Å². The van der Waals surface area contributed by atoms with Crippen molar-refractivity contribution >= 4 is 5.91 Å². The van der Waals surface area contributed by atoms with Crippen molar-refractivity contribution in [1.29, 1.82) is 0 Å². The van der Waals surface area contributed by atoms with E-state index < -0.39 is 0 Å². The topological polar surface area (TPSA) is 23.6 Å². The second kappa shape index (κ2) is 5.19. The minimum atomic E-state index is 0.178. The van der Waals surface area contributed by atoms with E-state index in [9.17, 15) is 4.79 Å². The maximum Gasteiger partial charge on any atom is 0.219 e. The molecule has 0 aromatic heterocycles. The minimum absolute atomic E-state index is 0.178. The molecule has 1 rings (SSSR count). The van der Waals surface area contributed by atoms with Gasteiger partial charge in [0.15, 0.2) is 0 Å². The molecule has 0 aromatic carbocycles. The van der Waals surface area contributed by atoms with Crippen molar-refractivity contribution in [3.63, 3.8) is 0 Å². The Kier molecular flexibility index (Phi) is 4.16. The molecule has 3 heteroatoms. The van der Waals surface area contributed by atoms with Gasteiger partial charge in [0.05, 0.1) is 0 Å².